The van der Waals surface area contributed by atoms with Gasteiger partial charge in [-0.15, -0.1) is 0 Å². The number of nitrogens with one attached hydrogen (secondary N) is 1. The molecule has 4 rings (SSSR count). The van der Waals surface area contributed by atoms with Crippen molar-refractivity contribution in [3.63, 3.8) is 0 Å². The highest BCUT2D eigenvalue weighted by atomic mass is 16.2. The van der Waals surface area contributed by atoms with Crippen LogP contribution in [0.5, 0.6) is 0 Å². The zero-order valence-corrected chi connectivity index (χ0v) is 16.5. The Hall–Kier alpha value is -1.88. The molecule has 0 radical (unpaired) electrons. The van der Waals surface area contributed by atoms with E-state index in [4.69, 9.17) is 0 Å². The summed E-state index contributed by atoms with van der Waals surface area (Å²) in [6, 6.07) is 8.82. The van der Waals surface area contributed by atoms with Crippen molar-refractivity contribution in [1.82, 2.24) is 4.90 Å². The number of benzene rings is 1. The van der Waals surface area contributed by atoms with Crippen molar-refractivity contribution < 1.29 is 14.5 Å². The molecular formula is C22H32N3O2+. The Bertz CT molecular complexity index is 657. The van der Waals surface area contributed by atoms with Crippen LogP contribution in [0.25, 0.3) is 0 Å². The maximum Gasteiger partial charge on any atom is 0.237 e. The van der Waals surface area contributed by atoms with Crippen molar-refractivity contribution in [3.05, 3.63) is 29.8 Å². The van der Waals surface area contributed by atoms with Gasteiger partial charge in [-0.2, -0.15) is 0 Å². The molecule has 1 N–H and O–H groups in total. The number of quaternary nitrogens is 1. The zero-order valence-electron chi connectivity index (χ0n) is 16.5. The molecule has 3 aliphatic rings. The summed E-state index contributed by atoms with van der Waals surface area (Å²) in [6.07, 6.45) is 7.87. The van der Waals surface area contributed by atoms with E-state index in [1.54, 1.807) is 0 Å². The zero-order chi connectivity index (χ0) is 18.8. The van der Waals surface area contributed by atoms with Crippen LogP contribution in [0.4, 0.5) is 5.69 Å². The Balaban J connectivity index is 1.34. The number of likely N-dealkylation sites (tertiary alicyclic amines) is 1. The van der Waals surface area contributed by atoms with E-state index in [9.17, 15) is 9.59 Å². The molecule has 1 aromatic rings. The summed E-state index contributed by atoms with van der Waals surface area (Å²) in [5.74, 6) is 0.0692. The van der Waals surface area contributed by atoms with Gasteiger partial charge in [-0.1, -0.05) is 25.0 Å². The number of amides is 2. The monoisotopic (exact) mass is 370 g/mol. The summed E-state index contributed by atoms with van der Waals surface area (Å²) in [6.45, 7) is 3.63. The second-order valence-electron chi connectivity index (χ2n) is 8.61. The van der Waals surface area contributed by atoms with Gasteiger partial charge in [0, 0.05) is 24.3 Å². The van der Waals surface area contributed by atoms with Gasteiger partial charge in [0.1, 0.15) is 6.54 Å². The van der Waals surface area contributed by atoms with E-state index in [-0.39, 0.29) is 23.7 Å². The highest BCUT2D eigenvalue weighted by molar-refractivity contribution is 6.05. The molecule has 5 nitrogen and oxygen atoms in total. The van der Waals surface area contributed by atoms with Crippen LogP contribution in [-0.2, 0) is 16.1 Å². The maximum absolute atomic E-state index is 12.6. The van der Waals surface area contributed by atoms with E-state index in [2.05, 4.69) is 36.2 Å². The third-order valence-electron chi connectivity index (χ3n) is 6.52. The van der Waals surface area contributed by atoms with Crippen molar-refractivity contribution in [2.24, 2.45) is 11.8 Å². The van der Waals surface area contributed by atoms with E-state index >= 15 is 0 Å². The molecule has 2 heterocycles. The number of carbonyl (C=O) groups is 2. The Kier molecular flexibility index (Phi) is 5.48. The normalized spacial score (nSPS) is 27.0. The molecule has 1 unspecified atom stereocenters. The number of nitrogens with zero attached hydrogens (tertiary/aromatic N) is 2. The van der Waals surface area contributed by atoms with Crippen molar-refractivity contribution in [1.29, 1.82) is 0 Å². The third kappa shape index (κ3) is 3.88. The average Bonchev–Trinajstić information content (AvgIpc) is 2.94. The average molecular weight is 371 g/mol. The first-order valence-electron chi connectivity index (χ1n) is 10.6. The van der Waals surface area contributed by atoms with Gasteiger partial charge in [0.25, 0.3) is 0 Å². The first-order valence-corrected chi connectivity index (χ1v) is 10.6. The quantitative estimate of drug-likeness (QED) is 0.805. The summed E-state index contributed by atoms with van der Waals surface area (Å²) in [5.41, 5.74) is 2.56. The molecule has 0 spiro atoms. The summed E-state index contributed by atoms with van der Waals surface area (Å²) in [4.78, 5) is 30.5. The van der Waals surface area contributed by atoms with Crippen LogP contribution in [0.15, 0.2) is 24.3 Å². The number of piperidine rings is 1. The molecule has 3 fully saturated rings. The number of hydrogen-bond donors (Lipinski definition) is 1. The minimum Gasteiger partial charge on any atom is -0.372 e. The van der Waals surface area contributed by atoms with Crippen molar-refractivity contribution >= 4 is 17.5 Å². The van der Waals surface area contributed by atoms with E-state index in [0.29, 0.717) is 6.67 Å². The van der Waals surface area contributed by atoms with Gasteiger partial charge in [0.05, 0.1) is 18.9 Å². The number of anilines is 1. The molecule has 5 heteroatoms. The number of rotatable bonds is 5. The standard InChI is InChI=1S/C22H31N3O2/c1-23(16-25-21(26)19-7-3-4-8-20(19)22(25)27)15-17-9-11-18(12-10-17)24-13-5-2-6-14-24/h9-12,19-20H,2-8,13-16H2,1H3/p+1/t19-,20+. The second kappa shape index (κ2) is 8.01. The molecule has 146 valence electrons. The lowest BCUT2D eigenvalue weighted by molar-refractivity contribution is -0.901. The summed E-state index contributed by atoms with van der Waals surface area (Å²) in [5, 5.41) is 0. The molecule has 1 aromatic carbocycles. The van der Waals surface area contributed by atoms with Crippen LogP contribution in [-0.4, -0.2) is 43.5 Å². The van der Waals surface area contributed by atoms with Gasteiger partial charge in [0.15, 0.2) is 6.67 Å². The first-order chi connectivity index (χ1) is 13.1. The van der Waals surface area contributed by atoms with Crippen LogP contribution in [0, 0.1) is 11.8 Å². The molecular weight excluding hydrogens is 338 g/mol. The lowest BCUT2D eigenvalue weighted by atomic mass is 9.81. The molecule has 0 aromatic heterocycles. The predicted octanol–water partition coefficient (Wildman–Crippen LogP) is 1.82. The van der Waals surface area contributed by atoms with E-state index < -0.39 is 0 Å². The van der Waals surface area contributed by atoms with E-state index in [1.165, 1.54) is 40.3 Å². The van der Waals surface area contributed by atoms with Crippen molar-refractivity contribution in [2.75, 3.05) is 31.7 Å². The smallest absolute Gasteiger partial charge is 0.237 e. The molecule has 3 atom stereocenters. The van der Waals surface area contributed by atoms with Crippen LogP contribution < -0.4 is 9.80 Å². The minimum atomic E-state index is -0.0390. The summed E-state index contributed by atoms with van der Waals surface area (Å²) < 4.78 is 0. The van der Waals surface area contributed by atoms with Crippen LogP contribution in [0.2, 0.25) is 0 Å². The fourth-order valence-corrected chi connectivity index (χ4v) is 5.04. The Labute approximate surface area is 162 Å². The molecule has 2 aliphatic heterocycles. The number of imide groups is 1. The Morgan fingerprint density at radius 3 is 2.07 bits per heavy atom. The first kappa shape index (κ1) is 18.5. The fourth-order valence-electron chi connectivity index (χ4n) is 5.04. The number of fused-ring (bicyclic) bond motifs is 1. The molecule has 0 bridgehead atoms. The second-order valence-corrected chi connectivity index (χ2v) is 8.61. The van der Waals surface area contributed by atoms with Gasteiger partial charge < -0.3 is 9.80 Å². The Morgan fingerprint density at radius 2 is 1.48 bits per heavy atom. The largest absolute Gasteiger partial charge is 0.372 e. The topological polar surface area (TPSA) is 45.1 Å². The lowest BCUT2D eigenvalue weighted by Gasteiger charge is -2.29. The van der Waals surface area contributed by atoms with Crippen LogP contribution in [0.3, 0.4) is 0 Å². The molecule has 2 saturated heterocycles. The van der Waals surface area contributed by atoms with E-state index in [0.717, 1.165) is 45.3 Å². The summed E-state index contributed by atoms with van der Waals surface area (Å²) in [7, 11) is 2.07. The number of carbonyl (C=O) groups excluding carboxylic acids is 2. The maximum atomic E-state index is 12.6. The predicted molar refractivity (Wildman–Crippen MR) is 105 cm³/mol. The van der Waals surface area contributed by atoms with Gasteiger partial charge in [-0.3, -0.25) is 9.59 Å². The van der Waals surface area contributed by atoms with Crippen molar-refractivity contribution in [3.8, 4) is 0 Å². The van der Waals surface area contributed by atoms with Gasteiger partial charge >= 0.3 is 0 Å². The molecule has 27 heavy (non-hydrogen) atoms. The van der Waals surface area contributed by atoms with Crippen LogP contribution >= 0.6 is 0 Å². The third-order valence-corrected chi connectivity index (χ3v) is 6.52. The fraction of sp³-hybridized carbons (Fsp3) is 0.636. The van der Waals surface area contributed by atoms with Gasteiger partial charge in [-0.25, -0.2) is 4.90 Å². The molecule has 1 aliphatic carbocycles. The van der Waals surface area contributed by atoms with Gasteiger partial charge in [-0.05, 0) is 44.2 Å². The lowest BCUT2D eigenvalue weighted by Crippen LogP contribution is -3.09. The highest BCUT2D eigenvalue weighted by Gasteiger charge is 2.48. The molecule has 1 saturated carbocycles. The van der Waals surface area contributed by atoms with Crippen LogP contribution in [0.1, 0.15) is 50.5 Å². The Morgan fingerprint density at radius 1 is 0.889 bits per heavy atom. The number of hydrogen-bond acceptors (Lipinski definition) is 3. The SMILES string of the molecule is C[NH+](Cc1ccc(N2CCCCC2)cc1)CN1C(=O)[C@H]2CCCC[C@H]2C1=O. The minimum absolute atomic E-state index is 0.0390. The molecule has 2 amide bonds. The van der Waals surface area contributed by atoms with Crippen molar-refractivity contribution in [2.45, 2.75) is 51.5 Å². The van der Waals surface area contributed by atoms with E-state index in [1.807, 2.05) is 0 Å². The van der Waals surface area contributed by atoms with Gasteiger partial charge in [0.2, 0.25) is 11.8 Å². The summed E-state index contributed by atoms with van der Waals surface area (Å²) >= 11 is 0. The highest BCUT2D eigenvalue weighted by Crippen LogP contribution is 2.37.